The molecule has 1 unspecified atom stereocenters. The van der Waals surface area contributed by atoms with Gasteiger partial charge in [0.1, 0.15) is 6.04 Å². The minimum absolute atomic E-state index is 0.0956. The normalized spacial score (nSPS) is 18.3. The number of piperidine rings is 1. The third-order valence-electron chi connectivity index (χ3n) is 3.38. The van der Waals surface area contributed by atoms with Crippen molar-refractivity contribution >= 4 is 17.5 Å². The van der Waals surface area contributed by atoms with Crippen LogP contribution in [0.1, 0.15) is 35.7 Å². The summed E-state index contributed by atoms with van der Waals surface area (Å²) in [6, 6.07) is 5.21. The summed E-state index contributed by atoms with van der Waals surface area (Å²) in [7, 11) is 0. The van der Waals surface area contributed by atoms with E-state index in [0.717, 1.165) is 24.2 Å². The molecule has 20 heavy (non-hydrogen) atoms. The van der Waals surface area contributed by atoms with Crippen LogP contribution in [0.5, 0.6) is 0 Å². The molecule has 5 heteroatoms. The number of carbonyl (C=O) groups is 2. The van der Waals surface area contributed by atoms with Gasteiger partial charge in [-0.15, -0.1) is 0 Å². The molecule has 0 aromatic heterocycles. The molecule has 0 radical (unpaired) electrons. The van der Waals surface area contributed by atoms with Crippen LogP contribution in [0.4, 0.5) is 5.69 Å². The molecule has 1 saturated heterocycles. The van der Waals surface area contributed by atoms with E-state index >= 15 is 0 Å². The Bertz CT molecular complexity index is 514. The Morgan fingerprint density at radius 2 is 2.25 bits per heavy atom. The van der Waals surface area contributed by atoms with Gasteiger partial charge in [0.2, 0.25) is 5.91 Å². The van der Waals surface area contributed by atoms with Crippen molar-refractivity contribution in [3.8, 4) is 0 Å². The number of hydrogen-bond acceptors (Lipinski definition) is 3. The molecule has 1 aliphatic heterocycles. The van der Waals surface area contributed by atoms with E-state index in [4.69, 9.17) is 0 Å². The number of carbonyl (C=O) groups excluding carboxylic acids is 2. The largest absolute Gasteiger partial charge is 0.385 e. The Morgan fingerprint density at radius 3 is 2.95 bits per heavy atom. The fourth-order valence-electron chi connectivity index (χ4n) is 2.34. The Morgan fingerprint density at radius 1 is 1.45 bits per heavy atom. The zero-order valence-corrected chi connectivity index (χ0v) is 12.0. The molecular weight excluding hydrogens is 254 g/mol. The van der Waals surface area contributed by atoms with Crippen molar-refractivity contribution in [2.75, 3.05) is 18.4 Å². The highest BCUT2D eigenvalue weighted by atomic mass is 16.2. The summed E-state index contributed by atoms with van der Waals surface area (Å²) in [6.07, 6.45) is 1.59. The molecule has 1 aromatic rings. The van der Waals surface area contributed by atoms with Crippen LogP contribution in [-0.2, 0) is 4.79 Å². The monoisotopic (exact) mass is 275 g/mol. The van der Waals surface area contributed by atoms with Gasteiger partial charge in [0.25, 0.3) is 5.91 Å². The van der Waals surface area contributed by atoms with Gasteiger partial charge >= 0.3 is 0 Å². The number of rotatable bonds is 4. The smallest absolute Gasteiger partial charge is 0.254 e. The standard InChI is InChI=1S/C15H21N3O2/c1-3-16-13-9-10(2)6-7-11(13)14(19)18-12-5-4-8-17-15(12)20/h6-7,9,12,16H,3-5,8H2,1-2H3,(H,17,20)(H,18,19). The lowest BCUT2D eigenvalue weighted by Crippen LogP contribution is -2.50. The summed E-state index contributed by atoms with van der Waals surface area (Å²) in [5, 5.41) is 8.77. The first-order valence-corrected chi connectivity index (χ1v) is 7.05. The lowest BCUT2D eigenvalue weighted by Gasteiger charge is -2.23. The summed E-state index contributed by atoms with van der Waals surface area (Å²) in [5.74, 6) is -0.301. The SMILES string of the molecule is CCNc1cc(C)ccc1C(=O)NC1CCCNC1=O. The number of anilines is 1. The second-order valence-corrected chi connectivity index (χ2v) is 5.04. The fraction of sp³-hybridized carbons (Fsp3) is 0.467. The van der Waals surface area contributed by atoms with Crippen molar-refractivity contribution in [1.29, 1.82) is 0 Å². The topological polar surface area (TPSA) is 70.2 Å². The highest BCUT2D eigenvalue weighted by Crippen LogP contribution is 2.18. The molecule has 0 bridgehead atoms. The van der Waals surface area contributed by atoms with Gasteiger partial charge in [0.15, 0.2) is 0 Å². The molecule has 1 atom stereocenters. The van der Waals surface area contributed by atoms with Gasteiger partial charge in [-0.3, -0.25) is 9.59 Å². The zero-order valence-electron chi connectivity index (χ0n) is 12.0. The summed E-state index contributed by atoms with van der Waals surface area (Å²) in [4.78, 5) is 24.0. The van der Waals surface area contributed by atoms with Crippen LogP contribution in [0.15, 0.2) is 18.2 Å². The van der Waals surface area contributed by atoms with E-state index in [0.29, 0.717) is 18.5 Å². The minimum Gasteiger partial charge on any atom is -0.385 e. The van der Waals surface area contributed by atoms with Crippen LogP contribution in [0.2, 0.25) is 0 Å². The molecule has 108 valence electrons. The van der Waals surface area contributed by atoms with Gasteiger partial charge < -0.3 is 16.0 Å². The van der Waals surface area contributed by atoms with E-state index in [1.54, 1.807) is 6.07 Å². The van der Waals surface area contributed by atoms with E-state index in [1.807, 2.05) is 26.0 Å². The van der Waals surface area contributed by atoms with Crippen LogP contribution >= 0.6 is 0 Å². The van der Waals surface area contributed by atoms with E-state index in [9.17, 15) is 9.59 Å². The Balaban J connectivity index is 2.14. The van der Waals surface area contributed by atoms with Crippen LogP contribution in [-0.4, -0.2) is 30.9 Å². The maximum Gasteiger partial charge on any atom is 0.254 e. The molecule has 2 rings (SSSR count). The highest BCUT2D eigenvalue weighted by Gasteiger charge is 2.24. The first-order chi connectivity index (χ1) is 9.61. The Hall–Kier alpha value is -2.04. The minimum atomic E-state index is -0.424. The Labute approximate surface area is 119 Å². The molecule has 3 N–H and O–H groups in total. The van der Waals surface area contributed by atoms with E-state index in [-0.39, 0.29) is 11.8 Å². The third kappa shape index (κ3) is 3.29. The number of benzene rings is 1. The highest BCUT2D eigenvalue weighted by molar-refractivity contribution is 6.02. The van der Waals surface area contributed by atoms with Gasteiger partial charge in [-0.25, -0.2) is 0 Å². The van der Waals surface area contributed by atoms with E-state index < -0.39 is 6.04 Å². The van der Waals surface area contributed by atoms with Crippen molar-refractivity contribution < 1.29 is 9.59 Å². The zero-order chi connectivity index (χ0) is 14.5. The van der Waals surface area contributed by atoms with Crippen LogP contribution in [0.25, 0.3) is 0 Å². The van der Waals surface area contributed by atoms with E-state index in [1.165, 1.54) is 0 Å². The second kappa shape index (κ2) is 6.41. The first-order valence-electron chi connectivity index (χ1n) is 7.05. The molecule has 0 aliphatic carbocycles. The van der Waals surface area contributed by atoms with Crippen molar-refractivity contribution in [1.82, 2.24) is 10.6 Å². The van der Waals surface area contributed by atoms with Crippen LogP contribution < -0.4 is 16.0 Å². The lowest BCUT2D eigenvalue weighted by atomic mass is 10.0. The number of nitrogens with one attached hydrogen (secondary N) is 3. The lowest BCUT2D eigenvalue weighted by molar-refractivity contribution is -0.124. The Kier molecular flexibility index (Phi) is 4.61. The molecule has 1 aromatic carbocycles. The number of amides is 2. The first kappa shape index (κ1) is 14.4. The van der Waals surface area contributed by atoms with Gasteiger partial charge in [-0.05, 0) is 44.4 Å². The van der Waals surface area contributed by atoms with Crippen molar-refractivity contribution in [3.63, 3.8) is 0 Å². The molecule has 1 fully saturated rings. The molecule has 2 amide bonds. The van der Waals surface area contributed by atoms with Gasteiger partial charge in [0, 0.05) is 18.8 Å². The summed E-state index contributed by atoms with van der Waals surface area (Å²) in [5.41, 5.74) is 2.48. The van der Waals surface area contributed by atoms with Crippen molar-refractivity contribution in [3.05, 3.63) is 29.3 Å². The van der Waals surface area contributed by atoms with Gasteiger partial charge in [-0.1, -0.05) is 6.07 Å². The molecule has 1 heterocycles. The van der Waals surface area contributed by atoms with Crippen molar-refractivity contribution in [2.24, 2.45) is 0 Å². The predicted molar refractivity (Wildman–Crippen MR) is 78.8 cm³/mol. The third-order valence-corrected chi connectivity index (χ3v) is 3.38. The van der Waals surface area contributed by atoms with Gasteiger partial charge in [-0.2, -0.15) is 0 Å². The average Bonchev–Trinajstić information content (AvgIpc) is 2.42. The van der Waals surface area contributed by atoms with Crippen LogP contribution in [0, 0.1) is 6.92 Å². The van der Waals surface area contributed by atoms with Crippen molar-refractivity contribution in [2.45, 2.75) is 32.7 Å². The summed E-state index contributed by atoms with van der Waals surface area (Å²) >= 11 is 0. The maximum absolute atomic E-state index is 12.3. The number of hydrogen-bond donors (Lipinski definition) is 3. The second-order valence-electron chi connectivity index (χ2n) is 5.04. The fourth-order valence-corrected chi connectivity index (χ4v) is 2.34. The van der Waals surface area contributed by atoms with Crippen LogP contribution in [0.3, 0.4) is 0 Å². The maximum atomic E-state index is 12.3. The molecule has 0 saturated carbocycles. The molecule has 0 spiro atoms. The van der Waals surface area contributed by atoms with E-state index in [2.05, 4.69) is 16.0 Å². The molecular formula is C15H21N3O2. The van der Waals surface area contributed by atoms with Gasteiger partial charge in [0.05, 0.1) is 5.56 Å². The molecule has 1 aliphatic rings. The quantitative estimate of drug-likeness (QED) is 0.778. The number of aryl methyl sites for hydroxylation is 1. The predicted octanol–water partition coefficient (Wildman–Crippen LogP) is 1.44. The summed E-state index contributed by atoms with van der Waals surface area (Å²) < 4.78 is 0. The molecule has 5 nitrogen and oxygen atoms in total. The summed E-state index contributed by atoms with van der Waals surface area (Å²) in [6.45, 7) is 5.40. The average molecular weight is 275 g/mol.